The van der Waals surface area contributed by atoms with Gasteiger partial charge in [-0.2, -0.15) is 0 Å². The summed E-state index contributed by atoms with van der Waals surface area (Å²) in [6.07, 6.45) is 2.50. The predicted molar refractivity (Wildman–Crippen MR) is 62.6 cm³/mol. The molecule has 4 amide bonds. The number of nitrogens with one attached hydrogen (secondary N) is 1. The maximum absolute atomic E-state index is 12.4. The van der Waals surface area contributed by atoms with Crippen molar-refractivity contribution in [2.75, 3.05) is 13.7 Å². The van der Waals surface area contributed by atoms with Crippen LogP contribution < -0.4 is 5.32 Å². The van der Waals surface area contributed by atoms with Crippen LogP contribution in [-0.2, 0) is 14.3 Å². The van der Waals surface area contributed by atoms with Crippen LogP contribution >= 0.6 is 0 Å². The minimum atomic E-state index is -0.977. The van der Waals surface area contributed by atoms with Gasteiger partial charge in [-0.25, -0.2) is 4.79 Å². The number of amides is 4. The zero-order chi connectivity index (χ0) is 13.3. The SMILES string of the molecule is COCCC(C)N1C(=O)NC(=O)C2(CCC2)C1=O. The number of imide groups is 2. The van der Waals surface area contributed by atoms with Crippen molar-refractivity contribution in [2.24, 2.45) is 5.41 Å². The lowest BCUT2D eigenvalue weighted by atomic mass is 9.66. The first-order valence-electron chi connectivity index (χ1n) is 6.21. The number of rotatable bonds is 4. The molecule has 0 bridgehead atoms. The molecule has 0 aromatic carbocycles. The Morgan fingerprint density at radius 2 is 2.06 bits per heavy atom. The average Bonchev–Trinajstić information content (AvgIpc) is 2.23. The third-order valence-corrected chi connectivity index (χ3v) is 3.89. The van der Waals surface area contributed by atoms with Crippen LogP contribution in [0.15, 0.2) is 0 Å². The number of urea groups is 1. The third kappa shape index (κ3) is 1.80. The Balaban J connectivity index is 2.16. The van der Waals surface area contributed by atoms with Crippen molar-refractivity contribution in [1.82, 2.24) is 10.2 Å². The van der Waals surface area contributed by atoms with Crippen LogP contribution in [0.25, 0.3) is 0 Å². The van der Waals surface area contributed by atoms with Crippen molar-refractivity contribution in [3.63, 3.8) is 0 Å². The first kappa shape index (κ1) is 13.0. The zero-order valence-corrected chi connectivity index (χ0v) is 10.7. The van der Waals surface area contributed by atoms with Gasteiger partial charge in [-0.15, -0.1) is 0 Å². The molecule has 0 radical (unpaired) electrons. The van der Waals surface area contributed by atoms with Crippen LogP contribution in [-0.4, -0.2) is 42.5 Å². The number of carbonyl (C=O) groups is 3. The summed E-state index contributed by atoms with van der Waals surface area (Å²) in [7, 11) is 1.57. The number of carbonyl (C=O) groups excluding carboxylic acids is 3. The van der Waals surface area contributed by atoms with E-state index in [0.29, 0.717) is 25.9 Å². The quantitative estimate of drug-likeness (QED) is 0.748. The Labute approximate surface area is 106 Å². The lowest BCUT2D eigenvalue weighted by Gasteiger charge is -2.46. The summed E-state index contributed by atoms with van der Waals surface area (Å²) in [5.74, 6) is -0.773. The third-order valence-electron chi connectivity index (χ3n) is 3.89. The maximum Gasteiger partial charge on any atom is 0.331 e. The molecule has 0 aromatic rings. The molecule has 1 saturated heterocycles. The summed E-state index contributed by atoms with van der Waals surface area (Å²) < 4.78 is 4.95. The Kier molecular flexibility index (Phi) is 3.38. The number of methoxy groups -OCH3 is 1. The van der Waals surface area contributed by atoms with Gasteiger partial charge in [-0.3, -0.25) is 19.8 Å². The topological polar surface area (TPSA) is 75.7 Å². The lowest BCUT2D eigenvalue weighted by molar-refractivity contribution is -0.159. The van der Waals surface area contributed by atoms with Crippen LogP contribution in [0.3, 0.4) is 0 Å². The number of nitrogens with zero attached hydrogens (tertiary/aromatic N) is 1. The number of ether oxygens (including phenoxy) is 1. The highest BCUT2D eigenvalue weighted by molar-refractivity contribution is 6.19. The molecule has 2 aliphatic rings. The minimum absolute atomic E-state index is 0.261. The van der Waals surface area contributed by atoms with E-state index in [4.69, 9.17) is 4.74 Å². The van der Waals surface area contributed by atoms with Crippen molar-refractivity contribution in [1.29, 1.82) is 0 Å². The second-order valence-electron chi connectivity index (χ2n) is 5.00. The van der Waals surface area contributed by atoms with Crippen molar-refractivity contribution >= 4 is 17.8 Å². The fourth-order valence-electron chi connectivity index (χ4n) is 2.49. The summed E-state index contributed by atoms with van der Waals surface area (Å²) in [6, 6.07) is -0.867. The molecule has 100 valence electrons. The molecule has 18 heavy (non-hydrogen) atoms. The Hall–Kier alpha value is -1.43. The molecule has 1 saturated carbocycles. The summed E-state index contributed by atoms with van der Waals surface area (Å²) in [6.45, 7) is 2.26. The van der Waals surface area contributed by atoms with Gasteiger partial charge in [0.1, 0.15) is 5.41 Å². The molecule has 6 nitrogen and oxygen atoms in total. The standard InChI is InChI=1S/C12H18N2O4/c1-8(4-7-18-2)14-10(16)12(5-3-6-12)9(15)13-11(14)17/h8H,3-7H2,1-2H3,(H,13,15,17). The smallest absolute Gasteiger partial charge is 0.331 e. The predicted octanol–water partition coefficient (Wildman–Crippen LogP) is 0.660. The van der Waals surface area contributed by atoms with Gasteiger partial charge in [0.05, 0.1) is 0 Å². The van der Waals surface area contributed by atoms with E-state index in [1.165, 1.54) is 4.90 Å². The highest BCUT2D eigenvalue weighted by Crippen LogP contribution is 2.44. The largest absolute Gasteiger partial charge is 0.385 e. The normalized spacial score (nSPS) is 23.9. The molecule has 1 heterocycles. The van der Waals surface area contributed by atoms with Crippen molar-refractivity contribution in [3.8, 4) is 0 Å². The molecule has 6 heteroatoms. The molecule has 1 atom stereocenters. The number of hydrogen-bond acceptors (Lipinski definition) is 4. The highest BCUT2D eigenvalue weighted by Gasteiger charge is 2.57. The zero-order valence-electron chi connectivity index (χ0n) is 10.7. The van der Waals surface area contributed by atoms with E-state index in [0.717, 1.165) is 6.42 Å². The molecule has 1 spiro atoms. The van der Waals surface area contributed by atoms with E-state index in [9.17, 15) is 14.4 Å². The van der Waals surface area contributed by atoms with E-state index >= 15 is 0 Å². The van der Waals surface area contributed by atoms with Crippen LogP contribution in [0.4, 0.5) is 4.79 Å². The van der Waals surface area contributed by atoms with Gasteiger partial charge < -0.3 is 4.74 Å². The fraction of sp³-hybridized carbons (Fsp3) is 0.750. The average molecular weight is 254 g/mol. The van der Waals surface area contributed by atoms with Gasteiger partial charge in [-0.05, 0) is 26.2 Å². The summed E-state index contributed by atoms with van der Waals surface area (Å²) >= 11 is 0. The first-order valence-corrected chi connectivity index (χ1v) is 6.21. The fourth-order valence-corrected chi connectivity index (χ4v) is 2.49. The second-order valence-corrected chi connectivity index (χ2v) is 5.00. The Bertz CT molecular complexity index is 390. The Morgan fingerprint density at radius 3 is 2.56 bits per heavy atom. The van der Waals surface area contributed by atoms with Gasteiger partial charge in [0.2, 0.25) is 11.8 Å². The summed E-state index contributed by atoms with van der Waals surface area (Å²) in [5.41, 5.74) is -0.977. The van der Waals surface area contributed by atoms with E-state index in [2.05, 4.69) is 5.32 Å². The van der Waals surface area contributed by atoms with Crippen LogP contribution in [0.2, 0.25) is 0 Å². The molecule has 0 aromatic heterocycles. The molecule has 1 aliphatic carbocycles. The van der Waals surface area contributed by atoms with Gasteiger partial charge >= 0.3 is 6.03 Å². The van der Waals surface area contributed by atoms with E-state index < -0.39 is 17.4 Å². The van der Waals surface area contributed by atoms with E-state index in [1.54, 1.807) is 14.0 Å². The second kappa shape index (κ2) is 4.68. The molecule has 1 N–H and O–H groups in total. The molecular weight excluding hydrogens is 236 g/mol. The molecular formula is C12H18N2O4. The van der Waals surface area contributed by atoms with Crippen molar-refractivity contribution < 1.29 is 19.1 Å². The van der Waals surface area contributed by atoms with Crippen LogP contribution in [0.1, 0.15) is 32.6 Å². The number of barbiturate groups is 1. The van der Waals surface area contributed by atoms with Gasteiger partial charge in [0.25, 0.3) is 0 Å². The highest BCUT2D eigenvalue weighted by atomic mass is 16.5. The summed E-state index contributed by atoms with van der Waals surface area (Å²) in [4.78, 5) is 37.1. The van der Waals surface area contributed by atoms with Gasteiger partial charge in [0.15, 0.2) is 0 Å². The molecule has 2 fully saturated rings. The lowest BCUT2D eigenvalue weighted by Crippen LogP contribution is -2.67. The van der Waals surface area contributed by atoms with Crippen LogP contribution in [0.5, 0.6) is 0 Å². The maximum atomic E-state index is 12.4. The van der Waals surface area contributed by atoms with Gasteiger partial charge in [-0.1, -0.05) is 6.42 Å². The van der Waals surface area contributed by atoms with Crippen molar-refractivity contribution in [2.45, 2.75) is 38.6 Å². The molecule has 2 rings (SSSR count). The molecule has 1 unspecified atom stereocenters. The van der Waals surface area contributed by atoms with Crippen LogP contribution in [0, 0.1) is 5.41 Å². The van der Waals surface area contributed by atoms with Gasteiger partial charge in [0, 0.05) is 19.8 Å². The Morgan fingerprint density at radius 1 is 1.39 bits per heavy atom. The summed E-state index contributed by atoms with van der Waals surface area (Å²) in [5, 5.41) is 2.30. The first-order chi connectivity index (χ1) is 8.53. The molecule has 1 aliphatic heterocycles. The number of hydrogen-bond donors (Lipinski definition) is 1. The van der Waals surface area contributed by atoms with Crippen molar-refractivity contribution in [3.05, 3.63) is 0 Å². The van der Waals surface area contributed by atoms with E-state index in [-0.39, 0.29) is 11.9 Å². The minimum Gasteiger partial charge on any atom is -0.385 e. The monoisotopic (exact) mass is 254 g/mol. The van der Waals surface area contributed by atoms with E-state index in [1.807, 2.05) is 0 Å².